The van der Waals surface area contributed by atoms with Crippen molar-refractivity contribution in [2.45, 2.75) is 66.1 Å². The van der Waals surface area contributed by atoms with Crippen molar-refractivity contribution in [1.29, 1.82) is 0 Å². The number of nitrogens with one attached hydrogen (secondary N) is 1. The van der Waals surface area contributed by atoms with Crippen molar-refractivity contribution in [3.63, 3.8) is 0 Å². The summed E-state index contributed by atoms with van der Waals surface area (Å²) in [5.74, 6) is -1.36. The zero-order chi connectivity index (χ0) is 26.6. The molecule has 36 heavy (non-hydrogen) atoms. The monoisotopic (exact) mass is 510 g/mol. The Morgan fingerprint density at radius 1 is 1.22 bits per heavy atom. The Morgan fingerprint density at radius 3 is 2.44 bits per heavy atom. The Labute approximate surface area is 216 Å². The Morgan fingerprint density at radius 2 is 1.86 bits per heavy atom. The van der Waals surface area contributed by atoms with E-state index in [-0.39, 0.29) is 11.4 Å². The first-order valence-electron chi connectivity index (χ1n) is 11.8. The molecule has 0 spiro atoms. The molecule has 1 aromatic carbocycles. The van der Waals surface area contributed by atoms with Crippen molar-refractivity contribution in [3.05, 3.63) is 80.8 Å². The molecule has 7 nitrogen and oxygen atoms in total. The number of aromatic nitrogens is 1. The van der Waals surface area contributed by atoms with Crippen LogP contribution >= 0.6 is 11.6 Å². The molecule has 1 amide bonds. The number of aryl methyl sites for hydroxylation is 1. The summed E-state index contributed by atoms with van der Waals surface area (Å²) in [6.07, 6.45) is 0.204. The molecule has 1 aliphatic heterocycles. The number of hydrogen-bond donors (Lipinski definition) is 2. The molecule has 2 unspecified atom stereocenters. The van der Waals surface area contributed by atoms with E-state index in [0.29, 0.717) is 22.1 Å². The molecular weight excluding hydrogens is 480 g/mol. The van der Waals surface area contributed by atoms with Crippen molar-refractivity contribution >= 4 is 23.5 Å². The number of rotatable bonds is 4. The molecule has 0 bridgehead atoms. The predicted molar refractivity (Wildman–Crippen MR) is 137 cm³/mol. The normalized spacial score (nSPS) is 22.8. The number of nitrogens with zero attached hydrogens (tertiary/aromatic N) is 1. The SMILES string of the molecule is CC1=C2Oc3ncc(Cl)cc3C(=O)NC2=C(C)C(C)([C@H](OC(C)(C)C)C(=O)O)C1c1ccc(C)cc1. The summed E-state index contributed by atoms with van der Waals surface area (Å²) in [4.78, 5) is 30.2. The fourth-order valence-electron chi connectivity index (χ4n) is 5.15. The van der Waals surface area contributed by atoms with Gasteiger partial charge in [-0.3, -0.25) is 4.79 Å². The summed E-state index contributed by atoms with van der Waals surface area (Å²) in [6, 6.07) is 9.49. The third-order valence-electron chi connectivity index (χ3n) is 6.95. The molecule has 2 N–H and O–H groups in total. The third kappa shape index (κ3) is 4.42. The second kappa shape index (κ2) is 9.05. The second-order valence-electron chi connectivity index (χ2n) is 10.6. The van der Waals surface area contributed by atoms with Gasteiger partial charge in [-0.15, -0.1) is 0 Å². The van der Waals surface area contributed by atoms with Gasteiger partial charge in [0, 0.05) is 17.5 Å². The molecule has 0 fully saturated rings. The molecule has 190 valence electrons. The first-order valence-corrected chi connectivity index (χ1v) is 12.2. The minimum Gasteiger partial charge on any atom is -0.479 e. The minimum absolute atomic E-state index is 0.140. The fourth-order valence-corrected chi connectivity index (χ4v) is 5.31. The Kier molecular flexibility index (Phi) is 6.52. The van der Waals surface area contributed by atoms with Crippen molar-refractivity contribution in [2.75, 3.05) is 0 Å². The largest absolute Gasteiger partial charge is 0.479 e. The number of aliphatic carboxylic acids is 1. The third-order valence-corrected chi connectivity index (χ3v) is 7.16. The molecule has 2 aliphatic rings. The highest BCUT2D eigenvalue weighted by molar-refractivity contribution is 6.30. The molecular formula is C28H31ClN2O5. The number of fused-ring (bicyclic) bond motifs is 2. The predicted octanol–water partition coefficient (Wildman–Crippen LogP) is 5.79. The number of carbonyl (C=O) groups excluding carboxylic acids is 1. The number of hydrogen-bond acceptors (Lipinski definition) is 5. The first kappa shape index (κ1) is 25.9. The molecule has 2 aromatic rings. The quantitative estimate of drug-likeness (QED) is 0.540. The zero-order valence-corrected chi connectivity index (χ0v) is 22.3. The summed E-state index contributed by atoms with van der Waals surface area (Å²) >= 11 is 6.10. The van der Waals surface area contributed by atoms with Gasteiger partial charge in [-0.2, -0.15) is 0 Å². The lowest BCUT2D eigenvalue weighted by molar-refractivity contribution is -0.173. The van der Waals surface area contributed by atoms with E-state index >= 15 is 0 Å². The van der Waals surface area contributed by atoms with Crippen molar-refractivity contribution in [3.8, 4) is 5.88 Å². The Bertz CT molecular complexity index is 1310. The van der Waals surface area contributed by atoms with Crippen LogP contribution in [0.25, 0.3) is 0 Å². The van der Waals surface area contributed by atoms with E-state index in [1.54, 1.807) is 0 Å². The number of pyridine rings is 1. The fraction of sp³-hybridized carbons (Fsp3) is 0.393. The molecule has 3 atom stereocenters. The van der Waals surface area contributed by atoms with Crippen molar-refractivity contribution in [2.24, 2.45) is 5.41 Å². The van der Waals surface area contributed by atoms with Crippen LogP contribution in [-0.2, 0) is 9.53 Å². The van der Waals surface area contributed by atoms with E-state index in [4.69, 9.17) is 21.1 Å². The van der Waals surface area contributed by atoms with E-state index in [9.17, 15) is 14.7 Å². The summed E-state index contributed by atoms with van der Waals surface area (Å²) in [5.41, 5.74) is 2.21. The Hall–Kier alpha value is -3.16. The van der Waals surface area contributed by atoms with Gasteiger partial charge < -0.3 is 19.9 Å². The number of carboxylic acid groups (broad SMARTS) is 1. The van der Waals surface area contributed by atoms with Gasteiger partial charge in [0.2, 0.25) is 5.88 Å². The first-order chi connectivity index (χ1) is 16.7. The van der Waals surface area contributed by atoms with Gasteiger partial charge >= 0.3 is 5.97 Å². The molecule has 1 aromatic heterocycles. The van der Waals surface area contributed by atoms with Gasteiger partial charge in [0.25, 0.3) is 5.91 Å². The molecule has 1 aliphatic carbocycles. The maximum Gasteiger partial charge on any atom is 0.333 e. The average molecular weight is 511 g/mol. The van der Waals surface area contributed by atoms with E-state index in [0.717, 1.165) is 16.7 Å². The Balaban J connectivity index is 2.01. The smallest absolute Gasteiger partial charge is 0.333 e. The number of halogens is 1. The molecule has 4 rings (SSSR count). The van der Waals surface area contributed by atoms with Crippen LogP contribution in [0.5, 0.6) is 5.88 Å². The standard InChI is InChI=1S/C28H31ClN2O5/c1-14-8-10-17(11-9-14)20-15(2)22-21(31-24(32)19-12-18(29)13-30-25(19)35-22)16(3)28(20,7)23(26(33)34)36-27(4,5)6/h8-13,20,23H,1-7H3,(H,31,32)(H,33,34)/t20?,23-,28?/m1/s1. The van der Waals surface area contributed by atoms with E-state index in [2.05, 4.69) is 10.3 Å². The molecule has 0 saturated carbocycles. The maximum absolute atomic E-state index is 13.2. The van der Waals surface area contributed by atoms with Crippen LogP contribution in [0, 0.1) is 12.3 Å². The van der Waals surface area contributed by atoms with Gasteiger partial charge in [-0.1, -0.05) is 48.4 Å². The average Bonchev–Trinajstić information content (AvgIpc) is 2.93. The number of carbonyl (C=O) groups is 2. The zero-order valence-electron chi connectivity index (χ0n) is 21.5. The van der Waals surface area contributed by atoms with Crippen molar-refractivity contribution in [1.82, 2.24) is 10.3 Å². The lowest BCUT2D eigenvalue weighted by atomic mass is 9.59. The summed E-state index contributed by atoms with van der Waals surface area (Å²) in [6.45, 7) is 13.1. The summed E-state index contributed by atoms with van der Waals surface area (Å²) in [5, 5.41) is 13.7. The van der Waals surface area contributed by atoms with E-state index < -0.39 is 34.9 Å². The van der Waals surface area contributed by atoms with Crippen LogP contribution in [0.3, 0.4) is 0 Å². The highest BCUT2D eigenvalue weighted by Gasteiger charge is 2.54. The van der Waals surface area contributed by atoms with Gasteiger partial charge in [0.15, 0.2) is 11.9 Å². The molecule has 8 heteroatoms. The topological polar surface area (TPSA) is 97.8 Å². The van der Waals surface area contributed by atoms with E-state index in [1.165, 1.54) is 12.3 Å². The van der Waals surface area contributed by atoms with Crippen LogP contribution in [0.4, 0.5) is 0 Å². The number of amides is 1. The second-order valence-corrected chi connectivity index (χ2v) is 11.1. The minimum atomic E-state index is -1.22. The van der Waals surface area contributed by atoms with Crippen LogP contribution in [0.1, 0.15) is 68.9 Å². The van der Waals surface area contributed by atoms with Crippen LogP contribution in [0.15, 0.2) is 59.1 Å². The van der Waals surface area contributed by atoms with Gasteiger partial charge in [0.05, 0.1) is 16.3 Å². The number of allylic oxidation sites excluding steroid dienone is 1. The number of ether oxygens (including phenoxy) is 2. The van der Waals surface area contributed by atoms with Crippen LogP contribution < -0.4 is 10.1 Å². The van der Waals surface area contributed by atoms with Crippen LogP contribution in [0.2, 0.25) is 5.02 Å². The van der Waals surface area contributed by atoms with Gasteiger partial charge in [0.1, 0.15) is 5.56 Å². The van der Waals surface area contributed by atoms with E-state index in [1.807, 2.05) is 72.7 Å². The summed E-state index contributed by atoms with van der Waals surface area (Å²) in [7, 11) is 0. The maximum atomic E-state index is 13.2. The number of benzene rings is 1. The highest BCUT2D eigenvalue weighted by Crippen LogP contribution is 2.56. The molecule has 2 heterocycles. The van der Waals surface area contributed by atoms with Crippen LogP contribution in [-0.4, -0.2) is 33.7 Å². The lowest BCUT2D eigenvalue weighted by Crippen LogP contribution is -2.51. The number of carboxylic acids is 1. The van der Waals surface area contributed by atoms with Crippen molar-refractivity contribution < 1.29 is 24.2 Å². The molecule has 0 saturated heterocycles. The lowest BCUT2D eigenvalue weighted by Gasteiger charge is -2.48. The van der Waals surface area contributed by atoms with Gasteiger partial charge in [-0.25, -0.2) is 9.78 Å². The molecule has 0 radical (unpaired) electrons. The van der Waals surface area contributed by atoms with Gasteiger partial charge in [-0.05, 0) is 64.3 Å². The highest BCUT2D eigenvalue weighted by atomic mass is 35.5. The summed E-state index contributed by atoms with van der Waals surface area (Å²) < 4.78 is 12.5.